The maximum absolute atomic E-state index is 11.6. The Morgan fingerprint density at radius 1 is 1.11 bits per heavy atom. The third-order valence-electron chi connectivity index (χ3n) is 2.31. The molecule has 1 aromatic heterocycles. The zero-order valence-electron chi connectivity index (χ0n) is 9.46. The summed E-state index contributed by atoms with van der Waals surface area (Å²) in [5, 5.41) is 2.28. The summed E-state index contributed by atoms with van der Waals surface area (Å²) in [6.45, 7) is 0. The van der Waals surface area contributed by atoms with Gasteiger partial charge in [-0.25, -0.2) is 9.78 Å². The molecule has 88 valence electrons. The van der Waals surface area contributed by atoms with Gasteiger partial charge >= 0.3 is 0 Å². The van der Waals surface area contributed by atoms with Crippen molar-refractivity contribution in [3.05, 3.63) is 60.4 Å². The van der Waals surface area contributed by atoms with Gasteiger partial charge in [-0.2, -0.15) is 0 Å². The number of carbonyl (C=O) groups is 1. The standard InChI is InChI=1S/C14H10N2O2/c17-10-9-15-14(18)13-8-4-7-12(16-13)11-5-2-1-3-6-11/h1-9H,(H,15,18). The molecule has 1 amide bonds. The Labute approximate surface area is 104 Å². The molecule has 0 bridgehead atoms. The van der Waals surface area contributed by atoms with E-state index in [-0.39, 0.29) is 5.69 Å². The maximum Gasteiger partial charge on any atom is 0.274 e. The Bertz CT molecular complexity index is 602. The van der Waals surface area contributed by atoms with Gasteiger partial charge < -0.3 is 5.32 Å². The third kappa shape index (κ3) is 2.70. The number of hydrogen-bond acceptors (Lipinski definition) is 3. The topological polar surface area (TPSA) is 59.1 Å². The number of nitrogens with zero attached hydrogens (tertiary/aromatic N) is 1. The van der Waals surface area contributed by atoms with Gasteiger partial charge in [-0.05, 0) is 12.1 Å². The molecule has 1 N–H and O–H groups in total. The molecule has 0 unspecified atom stereocenters. The average molecular weight is 238 g/mol. The van der Waals surface area contributed by atoms with Crippen molar-refractivity contribution in [2.24, 2.45) is 0 Å². The molecule has 0 spiro atoms. The predicted molar refractivity (Wildman–Crippen MR) is 67.4 cm³/mol. The lowest BCUT2D eigenvalue weighted by molar-refractivity contribution is 0.0965. The van der Waals surface area contributed by atoms with Gasteiger partial charge in [0, 0.05) is 5.56 Å². The molecular weight excluding hydrogens is 228 g/mol. The molecule has 18 heavy (non-hydrogen) atoms. The van der Waals surface area contributed by atoms with Crippen LogP contribution in [0.25, 0.3) is 11.3 Å². The van der Waals surface area contributed by atoms with Crippen LogP contribution < -0.4 is 5.32 Å². The Balaban J connectivity index is 2.31. The van der Waals surface area contributed by atoms with Crippen molar-refractivity contribution in [1.82, 2.24) is 10.3 Å². The molecule has 0 aliphatic carbocycles. The van der Waals surface area contributed by atoms with E-state index in [0.29, 0.717) is 5.69 Å². The number of carbonyl (C=O) groups excluding carboxylic acids is 2. The minimum atomic E-state index is -0.434. The van der Waals surface area contributed by atoms with Crippen molar-refractivity contribution < 1.29 is 9.59 Å². The highest BCUT2D eigenvalue weighted by Crippen LogP contribution is 2.16. The first-order chi connectivity index (χ1) is 8.81. The normalized spacial score (nSPS) is 9.33. The van der Waals surface area contributed by atoms with Gasteiger partial charge in [0.15, 0.2) is 0 Å². The molecule has 0 radical (unpaired) electrons. The number of pyridine rings is 1. The summed E-state index contributed by atoms with van der Waals surface area (Å²) < 4.78 is 0. The Kier molecular flexibility index (Phi) is 3.64. The molecule has 2 rings (SSSR count). The van der Waals surface area contributed by atoms with Crippen molar-refractivity contribution in [2.45, 2.75) is 0 Å². The van der Waals surface area contributed by atoms with E-state index in [4.69, 9.17) is 0 Å². The largest absolute Gasteiger partial charge is 0.317 e. The Morgan fingerprint density at radius 3 is 2.61 bits per heavy atom. The van der Waals surface area contributed by atoms with E-state index in [1.54, 1.807) is 12.1 Å². The monoisotopic (exact) mass is 238 g/mol. The van der Waals surface area contributed by atoms with E-state index < -0.39 is 5.91 Å². The van der Waals surface area contributed by atoms with Crippen molar-refractivity contribution >= 4 is 11.8 Å². The fourth-order valence-corrected chi connectivity index (χ4v) is 1.50. The quantitative estimate of drug-likeness (QED) is 0.830. The van der Waals surface area contributed by atoms with Crippen LogP contribution in [0, 0.1) is 0 Å². The summed E-state index contributed by atoms with van der Waals surface area (Å²) in [5.41, 5.74) is 1.89. The number of benzene rings is 1. The first-order valence-electron chi connectivity index (χ1n) is 5.34. The maximum atomic E-state index is 11.6. The van der Waals surface area contributed by atoms with Crippen molar-refractivity contribution in [3.8, 4) is 11.3 Å². The summed E-state index contributed by atoms with van der Waals surface area (Å²) in [6, 6.07) is 14.7. The van der Waals surface area contributed by atoms with Crippen molar-refractivity contribution in [3.63, 3.8) is 0 Å². The van der Waals surface area contributed by atoms with Crippen LogP contribution in [0.3, 0.4) is 0 Å². The van der Waals surface area contributed by atoms with Crippen LogP contribution in [0.2, 0.25) is 0 Å². The lowest BCUT2D eigenvalue weighted by atomic mass is 10.1. The molecule has 4 nitrogen and oxygen atoms in total. The SMILES string of the molecule is O=C=CNC(=O)c1cccc(-c2ccccc2)n1. The van der Waals surface area contributed by atoms with Gasteiger partial charge in [0.1, 0.15) is 11.6 Å². The minimum absolute atomic E-state index is 0.253. The Hall–Kier alpha value is -2.71. The summed E-state index contributed by atoms with van der Waals surface area (Å²) in [5.74, 6) is 1.05. The van der Waals surface area contributed by atoms with Gasteiger partial charge in [-0.1, -0.05) is 36.4 Å². The second kappa shape index (κ2) is 5.57. The van der Waals surface area contributed by atoms with Gasteiger partial charge in [-0.3, -0.25) is 4.79 Å². The van der Waals surface area contributed by atoms with Gasteiger partial charge in [0.25, 0.3) is 5.91 Å². The van der Waals surface area contributed by atoms with Crippen LogP contribution in [0.1, 0.15) is 10.5 Å². The summed E-state index contributed by atoms with van der Waals surface area (Å²) in [6.07, 6.45) is 0.916. The number of amides is 1. The van der Waals surface area contributed by atoms with E-state index in [1.807, 2.05) is 36.4 Å². The number of hydrogen-bond donors (Lipinski definition) is 1. The Morgan fingerprint density at radius 2 is 1.89 bits per heavy atom. The molecule has 4 heteroatoms. The van der Waals surface area contributed by atoms with Crippen LogP contribution in [-0.4, -0.2) is 16.8 Å². The van der Waals surface area contributed by atoms with E-state index in [9.17, 15) is 9.59 Å². The number of rotatable bonds is 3. The molecule has 0 aliphatic rings. The van der Waals surface area contributed by atoms with Crippen LogP contribution in [0.4, 0.5) is 0 Å². The fourth-order valence-electron chi connectivity index (χ4n) is 1.50. The lowest BCUT2D eigenvalue weighted by Crippen LogP contribution is -2.18. The molecule has 0 fully saturated rings. The van der Waals surface area contributed by atoms with Crippen LogP contribution in [0.5, 0.6) is 0 Å². The van der Waals surface area contributed by atoms with E-state index in [2.05, 4.69) is 10.3 Å². The van der Waals surface area contributed by atoms with Gasteiger partial charge in [0.2, 0.25) is 0 Å². The first-order valence-corrected chi connectivity index (χ1v) is 5.34. The highest BCUT2D eigenvalue weighted by Gasteiger charge is 2.07. The zero-order valence-corrected chi connectivity index (χ0v) is 9.46. The number of nitrogens with one attached hydrogen (secondary N) is 1. The average Bonchev–Trinajstić information content (AvgIpc) is 2.46. The van der Waals surface area contributed by atoms with Crippen LogP contribution in [0.15, 0.2) is 54.7 Å². The second-order valence-corrected chi connectivity index (χ2v) is 3.51. The van der Waals surface area contributed by atoms with Crippen LogP contribution in [-0.2, 0) is 4.79 Å². The third-order valence-corrected chi connectivity index (χ3v) is 2.31. The van der Waals surface area contributed by atoms with E-state index >= 15 is 0 Å². The highest BCUT2D eigenvalue weighted by atomic mass is 16.2. The minimum Gasteiger partial charge on any atom is -0.317 e. The molecule has 1 aromatic carbocycles. The molecule has 0 atom stereocenters. The first kappa shape index (κ1) is 11.8. The summed E-state index contributed by atoms with van der Waals surface area (Å²) >= 11 is 0. The second-order valence-electron chi connectivity index (χ2n) is 3.51. The lowest BCUT2D eigenvalue weighted by Gasteiger charge is -2.03. The number of aromatic nitrogens is 1. The molecule has 0 aliphatic heterocycles. The molecule has 0 saturated heterocycles. The van der Waals surface area contributed by atoms with Crippen molar-refractivity contribution in [1.29, 1.82) is 0 Å². The summed E-state index contributed by atoms with van der Waals surface area (Å²) in [7, 11) is 0. The smallest absolute Gasteiger partial charge is 0.274 e. The molecule has 1 heterocycles. The van der Waals surface area contributed by atoms with Gasteiger partial charge in [0.05, 0.1) is 11.9 Å². The van der Waals surface area contributed by atoms with Crippen LogP contribution >= 0.6 is 0 Å². The molecule has 2 aromatic rings. The molecule has 0 saturated carbocycles. The fraction of sp³-hybridized carbons (Fsp3) is 0. The highest BCUT2D eigenvalue weighted by molar-refractivity contribution is 5.94. The zero-order chi connectivity index (χ0) is 12.8. The van der Waals surface area contributed by atoms with E-state index in [0.717, 1.165) is 11.8 Å². The van der Waals surface area contributed by atoms with Crippen molar-refractivity contribution in [2.75, 3.05) is 0 Å². The predicted octanol–water partition coefficient (Wildman–Crippen LogP) is 1.82. The van der Waals surface area contributed by atoms with Gasteiger partial charge in [-0.15, -0.1) is 0 Å². The van der Waals surface area contributed by atoms with E-state index in [1.165, 1.54) is 5.94 Å². The molecular formula is C14H10N2O2. The summed E-state index contributed by atoms with van der Waals surface area (Å²) in [4.78, 5) is 25.9.